The standard InChI is InChI=1S/C9H16N3O14P3/c10-24-7-1-2-12(9(14)11-7)8-3-5(13)6(23-8)4-22-28(18,19)26-29(20,21)25-27(15,16)17/h1-2,5-6,8,13H,3-4,10H2,(H,18,19)(H,20,21)(H2,15,16,17)/t5-,6?,8-/m1/s1. The van der Waals surface area contributed by atoms with Gasteiger partial charge in [-0.15, -0.1) is 0 Å². The molecule has 1 saturated heterocycles. The van der Waals surface area contributed by atoms with Gasteiger partial charge in [0, 0.05) is 18.7 Å². The number of aliphatic hydroxyl groups excluding tert-OH is 1. The minimum atomic E-state index is -5.67. The molecule has 1 aliphatic rings. The monoisotopic (exact) mass is 483 g/mol. The fraction of sp³-hybridized carbons (Fsp3) is 0.556. The van der Waals surface area contributed by atoms with E-state index in [4.69, 9.17) is 25.3 Å². The lowest BCUT2D eigenvalue weighted by Crippen LogP contribution is -2.28. The maximum atomic E-state index is 11.9. The van der Waals surface area contributed by atoms with Gasteiger partial charge in [0.05, 0.1) is 12.7 Å². The highest BCUT2D eigenvalue weighted by Crippen LogP contribution is 2.66. The third-order valence-electron chi connectivity index (χ3n) is 3.26. The Kier molecular flexibility index (Phi) is 7.52. The predicted molar refractivity (Wildman–Crippen MR) is 87.7 cm³/mol. The van der Waals surface area contributed by atoms with Gasteiger partial charge < -0.3 is 34.3 Å². The smallest absolute Gasteiger partial charge is 0.391 e. The molecule has 0 saturated carbocycles. The van der Waals surface area contributed by atoms with Gasteiger partial charge in [-0.25, -0.2) is 18.5 Å². The van der Waals surface area contributed by atoms with Crippen LogP contribution in [0.15, 0.2) is 17.1 Å². The second-order valence-electron chi connectivity index (χ2n) is 5.39. The zero-order chi connectivity index (χ0) is 22.0. The number of hydrogen-bond acceptors (Lipinski definition) is 12. The number of phosphoric ester groups is 1. The Morgan fingerprint density at radius 2 is 1.86 bits per heavy atom. The Labute approximate surface area is 161 Å². The Balaban J connectivity index is 1.99. The first-order valence-electron chi connectivity index (χ1n) is 7.29. The van der Waals surface area contributed by atoms with E-state index in [9.17, 15) is 28.5 Å². The number of nitrogens with two attached hydrogens (primary N) is 1. The molecule has 3 unspecified atom stereocenters. The number of ether oxygens (including phenoxy) is 1. The number of aromatic nitrogens is 2. The lowest BCUT2D eigenvalue weighted by molar-refractivity contribution is -0.0450. The fourth-order valence-corrected chi connectivity index (χ4v) is 5.22. The third-order valence-corrected chi connectivity index (χ3v) is 7.06. The molecule has 166 valence electrons. The van der Waals surface area contributed by atoms with Crippen LogP contribution in [0.3, 0.4) is 0 Å². The van der Waals surface area contributed by atoms with Crippen LogP contribution in [-0.2, 0) is 31.6 Å². The van der Waals surface area contributed by atoms with Crippen molar-refractivity contribution in [1.82, 2.24) is 9.55 Å². The molecule has 1 fully saturated rings. The minimum absolute atomic E-state index is 0.158. The lowest BCUT2D eigenvalue weighted by Gasteiger charge is -2.19. The number of nitrogens with zero attached hydrogens (tertiary/aromatic N) is 2. The highest BCUT2D eigenvalue weighted by molar-refractivity contribution is 7.66. The summed E-state index contributed by atoms with van der Waals surface area (Å²) in [7, 11) is -16.6. The molecule has 29 heavy (non-hydrogen) atoms. The summed E-state index contributed by atoms with van der Waals surface area (Å²) in [6, 6.07) is 1.23. The van der Waals surface area contributed by atoms with Crippen LogP contribution in [0.25, 0.3) is 0 Å². The first kappa shape index (κ1) is 24.2. The summed E-state index contributed by atoms with van der Waals surface area (Å²) in [5, 5.41) is 9.97. The zero-order valence-corrected chi connectivity index (χ0v) is 16.7. The molecule has 17 nitrogen and oxygen atoms in total. The van der Waals surface area contributed by atoms with Gasteiger partial charge in [0.15, 0.2) is 0 Å². The van der Waals surface area contributed by atoms with Crippen molar-refractivity contribution in [3.8, 4) is 5.88 Å². The Hall–Kier alpha value is -1.03. The van der Waals surface area contributed by atoms with Crippen LogP contribution < -0.4 is 16.4 Å². The maximum Gasteiger partial charge on any atom is 0.490 e. The molecular weight excluding hydrogens is 467 g/mol. The second kappa shape index (κ2) is 8.99. The van der Waals surface area contributed by atoms with E-state index in [-0.39, 0.29) is 12.3 Å². The van der Waals surface area contributed by atoms with Crippen LogP contribution in [0.5, 0.6) is 5.88 Å². The Bertz CT molecular complexity index is 930. The van der Waals surface area contributed by atoms with Crippen LogP contribution in [-0.4, -0.2) is 53.0 Å². The van der Waals surface area contributed by atoms with Crippen molar-refractivity contribution >= 4 is 23.5 Å². The SMILES string of the molecule is NOc1ccn([C@H]2C[C@@H](O)C(COP(=O)(O)OP(=O)(O)OP(=O)(O)O)O2)c(=O)n1. The van der Waals surface area contributed by atoms with Crippen LogP contribution in [0.1, 0.15) is 12.6 Å². The van der Waals surface area contributed by atoms with Crippen LogP contribution in [0.4, 0.5) is 0 Å². The number of phosphoric acid groups is 3. The lowest BCUT2D eigenvalue weighted by atomic mass is 10.2. The summed E-state index contributed by atoms with van der Waals surface area (Å²) in [6.07, 6.45) is -2.59. The Morgan fingerprint density at radius 3 is 2.41 bits per heavy atom. The van der Waals surface area contributed by atoms with Gasteiger partial charge in [0.25, 0.3) is 0 Å². The van der Waals surface area contributed by atoms with Crippen molar-refractivity contribution in [2.24, 2.45) is 5.90 Å². The van der Waals surface area contributed by atoms with E-state index < -0.39 is 54.2 Å². The molecule has 2 heterocycles. The van der Waals surface area contributed by atoms with Gasteiger partial charge in [0.1, 0.15) is 12.3 Å². The van der Waals surface area contributed by atoms with Gasteiger partial charge >= 0.3 is 29.2 Å². The molecule has 5 atom stereocenters. The Morgan fingerprint density at radius 1 is 1.21 bits per heavy atom. The van der Waals surface area contributed by atoms with Crippen molar-refractivity contribution < 1.29 is 61.1 Å². The molecule has 0 bridgehead atoms. The molecule has 0 radical (unpaired) electrons. The molecule has 0 aliphatic carbocycles. The summed E-state index contributed by atoms with van der Waals surface area (Å²) >= 11 is 0. The molecule has 0 spiro atoms. The summed E-state index contributed by atoms with van der Waals surface area (Å²) in [5.41, 5.74) is -0.835. The van der Waals surface area contributed by atoms with Crippen LogP contribution in [0.2, 0.25) is 0 Å². The van der Waals surface area contributed by atoms with Crippen molar-refractivity contribution in [3.05, 3.63) is 22.7 Å². The van der Waals surface area contributed by atoms with Gasteiger partial charge in [-0.05, 0) is 0 Å². The fourth-order valence-electron chi connectivity index (χ4n) is 2.19. The predicted octanol–water partition coefficient (Wildman–Crippen LogP) is -1.51. The van der Waals surface area contributed by atoms with Gasteiger partial charge in [-0.2, -0.15) is 19.5 Å². The average Bonchev–Trinajstić information content (AvgIpc) is 2.90. The molecule has 7 N–H and O–H groups in total. The van der Waals surface area contributed by atoms with Gasteiger partial charge in [-0.3, -0.25) is 9.09 Å². The number of aliphatic hydroxyl groups is 1. The first-order valence-corrected chi connectivity index (χ1v) is 11.8. The van der Waals surface area contributed by atoms with Crippen molar-refractivity contribution in [2.75, 3.05) is 6.61 Å². The van der Waals surface area contributed by atoms with E-state index in [0.29, 0.717) is 0 Å². The summed E-state index contributed by atoms with van der Waals surface area (Å²) in [6.45, 7) is -0.868. The van der Waals surface area contributed by atoms with E-state index in [1.165, 1.54) is 12.3 Å². The maximum absolute atomic E-state index is 11.9. The largest absolute Gasteiger partial charge is 0.490 e. The van der Waals surface area contributed by atoms with Crippen molar-refractivity contribution in [2.45, 2.75) is 24.9 Å². The van der Waals surface area contributed by atoms with E-state index in [1.807, 2.05) is 0 Å². The summed E-state index contributed by atoms with van der Waals surface area (Å²) in [4.78, 5) is 55.0. The molecule has 1 aliphatic heterocycles. The number of hydrogen-bond donors (Lipinski definition) is 6. The molecule has 2 rings (SSSR count). The van der Waals surface area contributed by atoms with Gasteiger partial charge in [-0.1, -0.05) is 0 Å². The van der Waals surface area contributed by atoms with E-state index in [1.54, 1.807) is 0 Å². The normalized spacial score (nSPS) is 26.6. The average molecular weight is 483 g/mol. The van der Waals surface area contributed by atoms with E-state index >= 15 is 0 Å². The van der Waals surface area contributed by atoms with Crippen LogP contribution >= 0.6 is 23.5 Å². The van der Waals surface area contributed by atoms with Gasteiger partial charge in [0.2, 0.25) is 5.88 Å². The first-order chi connectivity index (χ1) is 13.2. The highest BCUT2D eigenvalue weighted by Gasteiger charge is 2.42. The van der Waals surface area contributed by atoms with E-state index in [2.05, 4.69) is 23.0 Å². The molecule has 1 aromatic heterocycles. The quantitative estimate of drug-likeness (QED) is 0.172. The van der Waals surface area contributed by atoms with E-state index in [0.717, 1.165) is 4.57 Å². The molecule has 1 aromatic rings. The zero-order valence-electron chi connectivity index (χ0n) is 14.0. The minimum Gasteiger partial charge on any atom is -0.391 e. The molecular formula is C9H16N3O14P3. The topological polar surface area (TPSA) is 259 Å². The third kappa shape index (κ3) is 7.31. The highest BCUT2D eigenvalue weighted by atomic mass is 31.3. The number of rotatable bonds is 9. The molecule has 0 aromatic carbocycles. The summed E-state index contributed by atoms with van der Waals surface area (Å²) < 4.78 is 51.2. The van der Waals surface area contributed by atoms with Crippen LogP contribution in [0, 0.1) is 0 Å². The second-order valence-corrected chi connectivity index (χ2v) is 9.81. The summed E-state index contributed by atoms with van der Waals surface area (Å²) in [5.74, 6) is 4.70. The molecule has 20 heteroatoms. The van der Waals surface area contributed by atoms with Crippen molar-refractivity contribution in [3.63, 3.8) is 0 Å². The van der Waals surface area contributed by atoms with Crippen molar-refractivity contribution in [1.29, 1.82) is 0 Å². The molecule has 0 amide bonds.